The zero-order valence-corrected chi connectivity index (χ0v) is 20.7. The Morgan fingerprint density at radius 2 is 1.56 bits per heavy atom. The van der Waals surface area contributed by atoms with Gasteiger partial charge in [0.1, 0.15) is 17.1 Å². The van der Waals surface area contributed by atoms with Gasteiger partial charge in [-0.25, -0.2) is 24.4 Å². The molecule has 5 aromatic heterocycles. The summed E-state index contributed by atoms with van der Waals surface area (Å²) in [6, 6.07) is 13.5. The molecule has 0 aliphatic rings. The molecule has 0 aliphatic carbocycles. The number of pyridine rings is 3. The Morgan fingerprint density at radius 3 is 2.15 bits per heavy atom. The molecule has 5 aromatic rings. The Kier molecular flexibility index (Phi) is 6.59. The number of alkyl halides is 6. The van der Waals surface area contributed by atoms with Crippen LogP contribution in [0.25, 0.3) is 17.2 Å². The average molecular weight is 573 g/mol. The molecule has 0 fully saturated rings. The van der Waals surface area contributed by atoms with Crippen LogP contribution < -0.4 is 0 Å². The van der Waals surface area contributed by atoms with Crippen LogP contribution in [0.2, 0.25) is 0 Å². The van der Waals surface area contributed by atoms with Crippen molar-refractivity contribution in [2.45, 2.75) is 24.7 Å². The van der Waals surface area contributed by atoms with Gasteiger partial charge in [-0.3, -0.25) is 5.10 Å². The molecule has 0 saturated carbocycles. The molecule has 5 rings (SSSR count). The third kappa shape index (κ3) is 5.25. The van der Waals surface area contributed by atoms with E-state index in [1.165, 1.54) is 36.5 Å². The first kappa shape index (κ1) is 27.5. The molecule has 1 unspecified atom stereocenters. The Balaban J connectivity index is 1.66. The molecule has 9 nitrogen and oxygen atoms in total. The van der Waals surface area contributed by atoms with Gasteiger partial charge in [-0.2, -0.15) is 36.5 Å². The van der Waals surface area contributed by atoms with Crippen LogP contribution in [0, 0.1) is 0 Å². The molecular weight excluding hydrogens is 556 g/mol. The second kappa shape index (κ2) is 9.83. The van der Waals surface area contributed by atoms with Gasteiger partial charge in [-0.1, -0.05) is 18.2 Å². The zero-order valence-electron chi connectivity index (χ0n) is 20.7. The van der Waals surface area contributed by atoms with Crippen molar-refractivity contribution in [1.82, 2.24) is 34.9 Å². The van der Waals surface area contributed by atoms with E-state index in [1.807, 2.05) is 5.10 Å². The summed E-state index contributed by atoms with van der Waals surface area (Å²) >= 11 is 0. The summed E-state index contributed by atoms with van der Waals surface area (Å²) in [7, 11) is 0. The number of H-pyrrole nitrogens is 1. The lowest BCUT2D eigenvalue weighted by atomic mass is 9.76. The molecule has 0 saturated heterocycles. The molecule has 0 bridgehead atoms. The van der Waals surface area contributed by atoms with Crippen LogP contribution in [0.5, 0.6) is 0 Å². The monoisotopic (exact) mass is 573 g/mol. The SMILES string of the molecule is CC(c1ccc(C(=O)O)nc1)(c1cccc(-c2cc(C(F)(F)F)[nH]n2)n1)c1cccc(-n2ccc(C(F)(F)F)n2)n1. The van der Waals surface area contributed by atoms with Gasteiger partial charge in [0.05, 0.1) is 22.5 Å². The number of carboxylic acids is 1. The number of aromatic carboxylic acids is 1. The van der Waals surface area contributed by atoms with Gasteiger partial charge >= 0.3 is 18.3 Å². The summed E-state index contributed by atoms with van der Waals surface area (Å²) in [5, 5.41) is 18.5. The van der Waals surface area contributed by atoms with E-state index in [2.05, 4.69) is 25.1 Å². The first-order chi connectivity index (χ1) is 19.3. The van der Waals surface area contributed by atoms with Crippen molar-refractivity contribution in [3.63, 3.8) is 0 Å². The molecule has 210 valence electrons. The number of hydrogen-bond donors (Lipinski definition) is 2. The summed E-state index contributed by atoms with van der Waals surface area (Å²) < 4.78 is 79.8. The van der Waals surface area contributed by atoms with E-state index in [4.69, 9.17) is 0 Å². The quantitative estimate of drug-likeness (QED) is 0.256. The van der Waals surface area contributed by atoms with E-state index in [1.54, 1.807) is 25.1 Å². The Labute approximate surface area is 226 Å². The fourth-order valence-electron chi connectivity index (χ4n) is 4.13. The normalized spacial score (nSPS) is 13.6. The minimum Gasteiger partial charge on any atom is -0.477 e. The molecular formula is C26H17F6N7O2. The van der Waals surface area contributed by atoms with E-state index < -0.39 is 35.1 Å². The molecule has 1 atom stereocenters. The molecule has 0 spiro atoms. The van der Waals surface area contributed by atoms with Crippen molar-refractivity contribution < 1.29 is 36.2 Å². The topological polar surface area (TPSA) is 122 Å². The zero-order chi connectivity index (χ0) is 29.6. The molecule has 0 radical (unpaired) electrons. The number of rotatable bonds is 6. The summed E-state index contributed by atoms with van der Waals surface area (Å²) in [5.41, 5.74) is -2.83. The summed E-state index contributed by atoms with van der Waals surface area (Å²) in [5.74, 6) is -1.23. The number of nitrogens with one attached hydrogen (secondary N) is 1. The highest BCUT2D eigenvalue weighted by atomic mass is 19.4. The highest BCUT2D eigenvalue weighted by Crippen LogP contribution is 2.38. The van der Waals surface area contributed by atoms with Gasteiger partial charge in [0.2, 0.25) is 0 Å². The Morgan fingerprint density at radius 1 is 0.854 bits per heavy atom. The van der Waals surface area contributed by atoms with Crippen molar-refractivity contribution in [3.8, 4) is 17.2 Å². The second-order valence-corrected chi connectivity index (χ2v) is 8.96. The fourth-order valence-corrected chi connectivity index (χ4v) is 4.13. The van der Waals surface area contributed by atoms with Gasteiger partial charge < -0.3 is 5.11 Å². The molecule has 15 heteroatoms. The maximum Gasteiger partial charge on any atom is 0.435 e. The summed E-state index contributed by atoms with van der Waals surface area (Å²) in [6.07, 6.45) is -6.93. The number of aromatic amines is 1. The van der Waals surface area contributed by atoms with Crippen LogP contribution in [0.3, 0.4) is 0 Å². The van der Waals surface area contributed by atoms with Crippen LogP contribution in [-0.2, 0) is 17.8 Å². The molecule has 41 heavy (non-hydrogen) atoms. The number of hydrogen-bond acceptors (Lipinski definition) is 6. The minimum absolute atomic E-state index is 0.0395. The Bertz CT molecular complexity index is 1630. The molecule has 5 heterocycles. The maximum absolute atomic E-state index is 13.1. The van der Waals surface area contributed by atoms with Crippen molar-refractivity contribution in [2.75, 3.05) is 0 Å². The third-order valence-corrected chi connectivity index (χ3v) is 6.33. The standard InChI is InChI=1S/C26H17F6N7O2/c1-24(14-8-9-16(23(40)41)33-13-14,18-5-2-4-15(34-18)17-12-21(37-36-17)26(30,31)32)19-6-3-7-22(35-19)39-11-10-20(38-39)25(27,28)29/h2-13H,1H3,(H,36,37)(H,40,41). The average Bonchev–Trinajstić information content (AvgIpc) is 3.64. The smallest absolute Gasteiger partial charge is 0.435 e. The highest BCUT2D eigenvalue weighted by Gasteiger charge is 2.37. The van der Waals surface area contributed by atoms with Crippen molar-refractivity contribution in [1.29, 1.82) is 0 Å². The van der Waals surface area contributed by atoms with Crippen LogP contribution in [-0.4, -0.2) is 46.0 Å². The molecule has 0 amide bonds. The first-order valence-electron chi connectivity index (χ1n) is 11.7. The summed E-state index contributed by atoms with van der Waals surface area (Å²) in [4.78, 5) is 24.5. The van der Waals surface area contributed by atoms with Crippen LogP contribution in [0.1, 0.15) is 45.8 Å². The number of nitrogens with zero attached hydrogens (tertiary/aromatic N) is 6. The largest absolute Gasteiger partial charge is 0.477 e. The minimum atomic E-state index is -4.67. The van der Waals surface area contributed by atoms with Gasteiger partial charge in [-0.15, -0.1) is 0 Å². The maximum atomic E-state index is 13.1. The van der Waals surface area contributed by atoms with Crippen LogP contribution in [0.4, 0.5) is 26.3 Å². The Hall–Kier alpha value is -5.08. The van der Waals surface area contributed by atoms with Gasteiger partial charge in [0.15, 0.2) is 11.5 Å². The van der Waals surface area contributed by atoms with E-state index in [9.17, 15) is 36.2 Å². The van der Waals surface area contributed by atoms with E-state index in [-0.39, 0.29) is 34.3 Å². The van der Waals surface area contributed by atoms with Crippen molar-refractivity contribution >= 4 is 5.97 Å². The van der Waals surface area contributed by atoms with E-state index >= 15 is 0 Å². The number of aromatic nitrogens is 7. The van der Waals surface area contributed by atoms with Crippen molar-refractivity contribution in [3.05, 3.63) is 107 Å². The van der Waals surface area contributed by atoms with E-state index in [0.29, 0.717) is 5.56 Å². The predicted molar refractivity (Wildman–Crippen MR) is 130 cm³/mol. The molecule has 0 aliphatic heterocycles. The van der Waals surface area contributed by atoms with Crippen molar-refractivity contribution in [2.24, 2.45) is 0 Å². The number of carbonyl (C=O) groups is 1. The first-order valence-corrected chi connectivity index (χ1v) is 11.7. The lowest BCUT2D eigenvalue weighted by Gasteiger charge is -2.29. The van der Waals surface area contributed by atoms with Crippen LogP contribution >= 0.6 is 0 Å². The van der Waals surface area contributed by atoms with Gasteiger partial charge in [0, 0.05) is 12.4 Å². The van der Waals surface area contributed by atoms with Gasteiger partial charge in [0.25, 0.3) is 0 Å². The molecule has 2 N–H and O–H groups in total. The number of carboxylic acid groups (broad SMARTS) is 1. The van der Waals surface area contributed by atoms with Crippen LogP contribution in [0.15, 0.2) is 73.1 Å². The highest BCUT2D eigenvalue weighted by molar-refractivity contribution is 5.85. The lowest BCUT2D eigenvalue weighted by Crippen LogP contribution is -2.29. The molecule has 0 aromatic carbocycles. The lowest BCUT2D eigenvalue weighted by molar-refractivity contribution is -0.142. The second-order valence-electron chi connectivity index (χ2n) is 8.96. The third-order valence-electron chi connectivity index (χ3n) is 6.33. The fraction of sp³-hybridized carbons (Fsp3) is 0.154. The van der Waals surface area contributed by atoms with E-state index in [0.717, 1.165) is 23.0 Å². The van der Waals surface area contributed by atoms with Gasteiger partial charge in [-0.05, 0) is 55.0 Å². The number of halogens is 6. The summed E-state index contributed by atoms with van der Waals surface area (Å²) in [6.45, 7) is 1.67. The predicted octanol–water partition coefficient (Wildman–Crippen LogP) is 5.54.